The number of fused-ring (bicyclic) bond motifs is 3. The van der Waals surface area contributed by atoms with Crippen LogP contribution in [0.3, 0.4) is 0 Å². The van der Waals surface area contributed by atoms with Crippen LogP contribution in [-0.2, 0) is 25.6 Å². The van der Waals surface area contributed by atoms with E-state index < -0.39 is 51.4 Å². The Hall–Kier alpha value is -3.97. The Balaban J connectivity index is 1.65. The van der Waals surface area contributed by atoms with Crippen LogP contribution in [-0.4, -0.2) is 44.7 Å². The number of ketones is 5. The van der Waals surface area contributed by atoms with Crippen LogP contribution in [0.1, 0.15) is 83.3 Å². The van der Waals surface area contributed by atoms with Gasteiger partial charge in [0.2, 0.25) is 0 Å². The lowest BCUT2D eigenvalue weighted by Crippen LogP contribution is -2.73. The van der Waals surface area contributed by atoms with Crippen LogP contribution in [0.25, 0.3) is 17.2 Å². The predicted octanol–water partition coefficient (Wildman–Crippen LogP) is 6.13. The van der Waals surface area contributed by atoms with Crippen molar-refractivity contribution >= 4 is 35.0 Å². The molecule has 2 aromatic carbocycles. The van der Waals surface area contributed by atoms with Crippen LogP contribution in [0, 0.1) is 34.5 Å². The molecule has 7 nitrogen and oxygen atoms in total. The molecule has 5 rings (SSSR count). The van der Waals surface area contributed by atoms with Gasteiger partial charge in [-0.3, -0.25) is 24.0 Å². The van der Waals surface area contributed by atoms with Crippen LogP contribution < -0.4 is 0 Å². The molecule has 0 saturated heterocycles. The number of hydrogen-bond donors (Lipinski definition) is 2. The van der Waals surface area contributed by atoms with Crippen molar-refractivity contribution in [1.82, 2.24) is 0 Å². The third-order valence-corrected chi connectivity index (χ3v) is 10.5. The quantitative estimate of drug-likeness (QED) is 0.229. The summed E-state index contributed by atoms with van der Waals surface area (Å²) in [5.41, 5.74) is -0.638. The van der Waals surface area contributed by atoms with Gasteiger partial charge >= 0.3 is 0 Å². The standard InChI is InChI=1S/C38H42O7/c1-19(2)27(40)15-11-23-9-12-24(13-10-23)25-14-16-28(41)30-26(25)17-36(7)18-37(8)31(20(3)4)21(5)29(22(6)39)34(43)38(37,45)35(44)32(36)33(30)42/h9-16,19-20,29,32,41,45H,17-18H2,1-8H3/t29?,32?,36-,37-,38+/m0/s1. The highest BCUT2D eigenvalue weighted by Crippen LogP contribution is 2.64. The van der Waals surface area contributed by atoms with Crippen molar-refractivity contribution in [1.29, 1.82) is 0 Å². The van der Waals surface area contributed by atoms with E-state index in [-0.39, 0.29) is 41.8 Å². The summed E-state index contributed by atoms with van der Waals surface area (Å²) in [6, 6.07) is 10.7. The fourth-order valence-corrected chi connectivity index (χ4v) is 8.75. The molecule has 0 aliphatic heterocycles. The number of hydrogen-bond acceptors (Lipinski definition) is 7. The summed E-state index contributed by atoms with van der Waals surface area (Å²) in [5, 5.41) is 23.3. The van der Waals surface area contributed by atoms with Crippen LogP contribution in [0.2, 0.25) is 0 Å². The highest BCUT2D eigenvalue weighted by molar-refractivity contribution is 6.27. The number of phenolic OH excluding ortho intramolecular Hbond substituents is 1. The molecule has 0 bridgehead atoms. The lowest BCUT2D eigenvalue weighted by Gasteiger charge is -2.60. The molecule has 2 N–H and O–H groups in total. The van der Waals surface area contributed by atoms with E-state index in [1.807, 2.05) is 58.9 Å². The maximum atomic E-state index is 14.5. The summed E-state index contributed by atoms with van der Waals surface area (Å²) < 4.78 is 0. The first-order chi connectivity index (χ1) is 20.9. The normalized spacial score (nSPS) is 29.7. The van der Waals surface area contributed by atoms with Crippen molar-refractivity contribution in [2.24, 2.45) is 34.5 Å². The van der Waals surface area contributed by atoms with Crippen molar-refractivity contribution in [2.75, 3.05) is 0 Å². The second-order valence-corrected chi connectivity index (χ2v) is 14.4. The predicted molar refractivity (Wildman–Crippen MR) is 171 cm³/mol. The first kappa shape index (κ1) is 32.4. The molecule has 0 spiro atoms. The zero-order valence-corrected chi connectivity index (χ0v) is 27.3. The second kappa shape index (κ2) is 10.8. The highest BCUT2D eigenvalue weighted by atomic mass is 16.3. The summed E-state index contributed by atoms with van der Waals surface area (Å²) in [6.45, 7) is 14.1. The Morgan fingerprint density at radius 3 is 2.13 bits per heavy atom. The summed E-state index contributed by atoms with van der Waals surface area (Å²) in [6.07, 6.45) is 3.72. The Kier molecular flexibility index (Phi) is 7.80. The van der Waals surface area contributed by atoms with Gasteiger partial charge in [0, 0.05) is 11.3 Å². The number of Topliss-reactive ketones (excluding diaryl/α,β-unsaturated/α-hetero) is 4. The molecular formula is C38H42O7. The van der Waals surface area contributed by atoms with Gasteiger partial charge < -0.3 is 10.2 Å². The van der Waals surface area contributed by atoms with E-state index in [0.717, 1.165) is 16.7 Å². The van der Waals surface area contributed by atoms with E-state index in [2.05, 4.69) is 0 Å². The van der Waals surface area contributed by atoms with Gasteiger partial charge in [-0.25, -0.2) is 0 Å². The fourth-order valence-electron chi connectivity index (χ4n) is 8.75. The number of carbonyl (C=O) groups is 5. The highest BCUT2D eigenvalue weighted by Gasteiger charge is 2.73. The van der Waals surface area contributed by atoms with Crippen molar-refractivity contribution in [3.63, 3.8) is 0 Å². The third kappa shape index (κ3) is 4.61. The molecule has 7 heteroatoms. The largest absolute Gasteiger partial charge is 0.507 e. The van der Waals surface area contributed by atoms with Crippen molar-refractivity contribution in [3.05, 3.63) is 70.3 Å². The number of rotatable bonds is 6. The zero-order chi connectivity index (χ0) is 33.4. The Labute approximate surface area is 264 Å². The van der Waals surface area contributed by atoms with Crippen LogP contribution in [0.5, 0.6) is 5.75 Å². The molecule has 0 aromatic heterocycles. The van der Waals surface area contributed by atoms with Gasteiger partial charge in [-0.15, -0.1) is 0 Å². The van der Waals surface area contributed by atoms with Crippen LogP contribution in [0.4, 0.5) is 0 Å². The first-order valence-corrected chi connectivity index (χ1v) is 15.6. The third-order valence-electron chi connectivity index (χ3n) is 10.5. The van der Waals surface area contributed by atoms with Gasteiger partial charge in [-0.1, -0.05) is 89.1 Å². The smallest absolute Gasteiger partial charge is 0.192 e. The van der Waals surface area contributed by atoms with Gasteiger partial charge in [0.15, 0.2) is 28.7 Å². The SMILES string of the molecule is CC(=O)C1C(=O)[C@@]2(O)C(=O)C3C(=O)c4c(O)ccc(-c5ccc(C=CC(=O)C(C)C)cc5)c4C[C@@]3(C)C[C@@]2(C)C(C(C)C)=C1C. The molecular weight excluding hydrogens is 568 g/mol. The summed E-state index contributed by atoms with van der Waals surface area (Å²) in [5.74, 6) is -6.01. The maximum absolute atomic E-state index is 14.5. The first-order valence-electron chi connectivity index (χ1n) is 15.6. The van der Waals surface area contributed by atoms with E-state index in [1.165, 1.54) is 13.0 Å². The molecule has 1 fully saturated rings. The van der Waals surface area contributed by atoms with Gasteiger partial charge in [0.05, 0.1) is 11.5 Å². The minimum Gasteiger partial charge on any atom is -0.507 e. The molecule has 5 atom stereocenters. The van der Waals surface area contributed by atoms with Crippen LogP contribution >= 0.6 is 0 Å². The average molecular weight is 611 g/mol. The van der Waals surface area contributed by atoms with Gasteiger partial charge in [0.25, 0.3) is 0 Å². The van der Waals surface area contributed by atoms with Crippen molar-refractivity contribution < 1.29 is 34.2 Å². The Morgan fingerprint density at radius 1 is 0.956 bits per heavy atom. The minimum atomic E-state index is -2.56. The lowest BCUT2D eigenvalue weighted by atomic mass is 9.41. The molecule has 0 amide bonds. The van der Waals surface area contributed by atoms with E-state index in [0.29, 0.717) is 16.7 Å². The zero-order valence-electron chi connectivity index (χ0n) is 27.3. The summed E-state index contributed by atoms with van der Waals surface area (Å²) in [7, 11) is 0. The van der Waals surface area contributed by atoms with Gasteiger partial charge in [-0.2, -0.15) is 0 Å². The van der Waals surface area contributed by atoms with Crippen LogP contribution in [0.15, 0.2) is 53.6 Å². The molecule has 1 saturated carbocycles. The number of aliphatic hydroxyl groups is 1. The molecule has 236 valence electrons. The van der Waals surface area contributed by atoms with Crippen molar-refractivity contribution in [3.8, 4) is 16.9 Å². The minimum absolute atomic E-state index is 0.0178. The number of carbonyl (C=O) groups excluding carboxylic acids is 5. The second-order valence-electron chi connectivity index (χ2n) is 14.4. The number of aromatic hydroxyl groups is 1. The topological polar surface area (TPSA) is 126 Å². The van der Waals surface area contributed by atoms with Gasteiger partial charge in [-0.05, 0) is 72.4 Å². The summed E-state index contributed by atoms with van der Waals surface area (Å²) in [4.78, 5) is 67.6. The van der Waals surface area contributed by atoms with E-state index in [1.54, 1.807) is 32.1 Å². The lowest BCUT2D eigenvalue weighted by molar-refractivity contribution is -0.183. The molecule has 0 heterocycles. The summed E-state index contributed by atoms with van der Waals surface area (Å²) >= 11 is 0. The van der Waals surface area contributed by atoms with E-state index in [4.69, 9.17) is 0 Å². The Bertz CT molecular complexity index is 1720. The number of allylic oxidation sites excluding steroid dienone is 2. The molecule has 3 aliphatic carbocycles. The van der Waals surface area contributed by atoms with E-state index in [9.17, 15) is 34.2 Å². The monoisotopic (exact) mass is 610 g/mol. The average Bonchev–Trinajstić information content (AvgIpc) is 2.93. The number of phenols is 1. The molecule has 45 heavy (non-hydrogen) atoms. The molecule has 2 aromatic rings. The maximum Gasteiger partial charge on any atom is 0.192 e. The molecule has 2 unspecified atom stereocenters. The van der Waals surface area contributed by atoms with E-state index >= 15 is 0 Å². The van der Waals surface area contributed by atoms with Gasteiger partial charge in [0.1, 0.15) is 17.5 Å². The Morgan fingerprint density at radius 2 is 1.58 bits per heavy atom. The van der Waals surface area contributed by atoms with Crippen molar-refractivity contribution in [2.45, 2.75) is 73.8 Å². The molecule has 0 radical (unpaired) electrons. The fraction of sp³-hybridized carbons (Fsp3) is 0.447. The molecule has 3 aliphatic rings. The number of benzene rings is 2.